The van der Waals surface area contributed by atoms with Crippen LogP contribution in [0.5, 0.6) is 0 Å². The second kappa shape index (κ2) is 30.9. The topological polar surface area (TPSA) is 197 Å². The van der Waals surface area contributed by atoms with E-state index in [0.29, 0.717) is 36.9 Å². The van der Waals surface area contributed by atoms with Crippen LogP contribution in [0.1, 0.15) is 111 Å². The number of nitrogens with two attached hydrogens (primary N) is 2. The minimum Gasteiger partial charge on any atom is -0.368 e. The first-order chi connectivity index (χ1) is 38.8. The quantitative estimate of drug-likeness (QED) is 0.0560. The van der Waals surface area contributed by atoms with E-state index in [1.807, 2.05) is 122 Å². The maximum atomic E-state index is 13.6. The van der Waals surface area contributed by atoms with Crippen molar-refractivity contribution in [3.63, 3.8) is 0 Å². The van der Waals surface area contributed by atoms with Gasteiger partial charge in [-0.05, 0) is 89.1 Å². The van der Waals surface area contributed by atoms with Crippen LogP contribution in [-0.4, -0.2) is 57.4 Å². The number of nitrogens with zero attached hydrogens (tertiary/aromatic N) is 8. The molecule has 430 valence electrons. The second-order valence-corrected chi connectivity index (χ2v) is 37.1. The van der Waals surface area contributed by atoms with Crippen LogP contribution in [-0.2, 0) is 0 Å². The summed E-state index contributed by atoms with van der Waals surface area (Å²) in [4.78, 5) is 53.3. The minimum absolute atomic E-state index is 0. The molecule has 6 N–H and O–H groups in total. The van der Waals surface area contributed by atoms with Gasteiger partial charge in [-0.25, -0.2) is 9.97 Å². The number of aromatic nitrogens is 8. The summed E-state index contributed by atoms with van der Waals surface area (Å²) in [6, 6.07) is 33.2. The Morgan fingerprint density at radius 2 is 1.05 bits per heavy atom. The van der Waals surface area contributed by atoms with E-state index >= 15 is 0 Å². The number of pyridine rings is 2. The average Bonchev–Trinajstić information content (AvgIpc) is 4.04. The van der Waals surface area contributed by atoms with Crippen molar-refractivity contribution in [3.05, 3.63) is 192 Å². The summed E-state index contributed by atoms with van der Waals surface area (Å²) >= 11 is 17.6. The molecule has 0 spiro atoms. The molecular weight excluding hydrogens is 1280 g/mol. The molecule has 2 atom stereocenters. The Labute approximate surface area is 511 Å². The Balaban J connectivity index is 0.000000204. The van der Waals surface area contributed by atoms with Crippen LogP contribution < -0.4 is 36.1 Å². The van der Waals surface area contributed by atoms with Crippen molar-refractivity contribution in [1.82, 2.24) is 39.0 Å². The molecule has 0 bridgehead atoms. The zero-order valence-electron chi connectivity index (χ0n) is 45.4. The molecule has 0 aliphatic carbocycles. The third-order valence-electron chi connectivity index (χ3n) is 13.9. The van der Waals surface area contributed by atoms with Gasteiger partial charge in [0.05, 0.1) is 53.3 Å². The summed E-state index contributed by atoms with van der Waals surface area (Å²) in [5, 5.41) is 10.1. The van der Waals surface area contributed by atoms with Crippen molar-refractivity contribution in [1.29, 1.82) is 0 Å². The van der Waals surface area contributed by atoms with E-state index in [4.69, 9.17) is 34.7 Å². The molecule has 10 aromatic rings. The average molecular weight is 1350 g/mol. The first-order valence-electron chi connectivity index (χ1n) is 26.8. The van der Waals surface area contributed by atoms with Crippen LogP contribution >= 0.6 is 61.8 Å². The van der Waals surface area contributed by atoms with E-state index in [0.717, 1.165) is 44.0 Å². The fraction of sp³-hybridized carbons (Fsp3) is 0.290. The van der Waals surface area contributed by atoms with Gasteiger partial charge in [0, 0.05) is 41.4 Å². The van der Waals surface area contributed by atoms with E-state index in [-0.39, 0.29) is 50.0 Å². The number of rotatable bonds is 19. The van der Waals surface area contributed by atoms with Gasteiger partial charge >= 0.3 is 122 Å². The van der Waals surface area contributed by atoms with Gasteiger partial charge in [0.1, 0.15) is 11.6 Å². The molecule has 6 heterocycles. The number of halogens is 3. The molecule has 14 nitrogen and oxygen atoms in total. The molecule has 10 rings (SSSR count). The third-order valence-corrected chi connectivity index (χ3v) is 35.0. The molecule has 0 saturated heterocycles. The summed E-state index contributed by atoms with van der Waals surface area (Å²) in [5.74, 6) is 1.43. The number of nitrogen functional groups attached to an aromatic ring is 2. The molecule has 0 aliphatic rings. The summed E-state index contributed by atoms with van der Waals surface area (Å²) in [6.07, 6.45) is 15.7. The van der Waals surface area contributed by atoms with E-state index in [2.05, 4.69) is 88.9 Å². The number of para-hydroxylation sites is 2. The summed E-state index contributed by atoms with van der Waals surface area (Å²) < 4.78 is 10.5. The molecule has 4 aromatic carbocycles. The molecule has 20 heteroatoms. The molecule has 0 aliphatic heterocycles. The van der Waals surface area contributed by atoms with Gasteiger partial charge in [-0.1, -0.05) is 98.7 Å². The van der Waals surface area contributed by atoms with Gasteiger partial charge in [0.15, 0.2) is 0 Å². The number of fused-ring (bicyclic) bond motifs is 2. The fourth-order valence-corrected chi connectivity index (χ4v) is 30.6. The van der Waals surface area contributed by atoms with Crippen molar-refractivity contribution < 1.29 is 0 Å². The molecule has 0 radical (unpaired) electrons. The number of unbranched alkanes of at least 4 members (excludes halogenated alkanes) is 3. The molecular formula is C62H73BrCl2N12O2S2Sn. The van der Waals surface area contributed by atoms with Crippen LogP contribution in [0.4, 0.5) is 23.5 Å². The van der Waals surface area contributed by atoms with Crippen LogP contribution in [0, 0.1) is 0 Å². The molecule has 0 saturated carbocycles. The Kier molecular flexibility index (Phi) is 24.5. The Hall–Kier alpha value is -6.22. The summed E-state index contributed by atoms with van der Waals surface area (Å²) in [6.45, 7) is 10.9. The number of nitrogens with one attached hydrogen (secondary N) is 2. The largest absolute Gasteiger partial charge is 0.368 e. The van der Waals surface area contributed by atoms with Gasteiger partial charge in [-0.2, -0.15) is 9.97 Å². The maximum Gasteiger partial charge on any atom is 0.264 e. The normalized spacial score (nSPS) is 11.8. The van der Waals surface area contributed by atoms with E-state index in [1.165, 1.54) is 49.9 Å². The van der Waals surface area contributed by atoms with Crippen LogP contribution in [0.25, 0.3) is 43.4 Å². The molecule has 0 fully saturated rings. The first-order valence-corrected chi connectivity index (χ1v) is 37.6. The fourth-order valence-electron chi connectivity index (χ4n) is 9.85. The van der Waals surface area contributed by atoms with Crippen molar-refractivity contribution in [3.8, 4) is 21.8 Å². The number of hydrogen-bond acceptors (Lipinski definition) is 14. The minimum atomic E-state index is -2.08. The maximum absolute atomic E-state index is 13.6. The van der Waals surface area contributed by atoms with Gasteiger partial charge in [-0.15, -0.1) is 11.3 Å². The predicted molar refractivity (Wildman–Crippen MR) is 355 cm³/mol. The van der Waals surface area contributed by atoms with Gasteiger partial charge in [0.25, 0.3) is 11.1 Å². The zero-order chi connectivity index (χ0) is 56.8. The number of hydrogen-bond donors (Lipinski definition) is 4. The van der Waals surface area contributed by atoms with E-state index in [1.54, 1.807) is 61.6 Å². The predicted octanol–water partition coefficient (Wildman–Crippen LogP) is 16.7. The Morgan fingerprint density at radius 1 is 0.598 bits per heavy atom. The van der Waals surface area contributed by atoms with Crippen molar-refractivity contribution in [2.75, 3.05) is 22.1 Å². The third kappa shape index (κ3) is 15.5. The van der Waals surface area contributed by atoms with Gasteiger partial charge < -0.3 is 22.1 Å². The monoisotopic (exact) mass is 1350 g/mol. The Morgan fingerprint density at radius 3 is 1.50 bits per heavy atom. The first kappa shape index (κ1) is 64.9. The van der Waals surface area contributed by atoms with E-state index in [9.17, 15) is 9.59 Å². The number of thiazole rings is 2. The van der Waals surface area contributed by atoms with Crippen molar-refractivity contribution in [2.45, 2.75) is 113 Å². The second-order valence-electron chi connectivity index (χ2n) is 19.5. The molecule has 82 heavy (non-hydrogen) atoms. The summed E-state index contributed by atoms with van der Waals surface area (Å²) in [7, 11) is 0. The zero-order valence-corrected chi connectivity index (χ0v) is 53.0. The van der Waals surface area contributed by atoms with E-state index < -0.39 is 18.4 Å². The van der Waals surface area contributed by atoms with Gasteiger partial charge in [-0.3, -0.25) is 23.7 Å². The number of benzene rings is 4. The van der Waals surface area contributed by atoms with Crippen molar-refractivity contribution in [2.24, 2.45) is 0 Å². The summed E-state index contributed by atoms with van der Waals surface area (Å²) in [5.41, 5.74) is 18.9. The standard InChI is InChI=1S/C24H19ClN6OS.C21H17BrClN5O.3C4H9.C3H2NS.2CH4.Sn/c1-14(29-22-17(11-28-24(26)30-22)20-12-27-13-33-20)19-10-15-6-5-9-18(25)21(15)23(32)31(19)16-7-3-2-4-8-16;1-12(26-19-15(22)11-25-21(24)27-19)17-10-13-6-5-9-16(23)18(13)20(29)28(17)14-7-3-2-4-8-14;3*1-3-4-2;1-2-5-3-4-1;;;/h2-14H,1H3,(H3,26,28,29,30);2-12H,1H3,(H3,24,25,26,27);3*1,3-4H2,2H3;1,3H;2*1H4;/t14-;12-;;;;;;;/m00......./s1. The smallest absolute Gasteiger partial charge is 0.264 e. The van der Waals surface area contributed by atoms with Crippen LogP contribution in [0.3, 0.4) is 0 Å². The van der Waals surface area contributed by atoms with Crippen LogP contribution in [0.2, 0.25) is 23.4 Å². The SMILES string of the molecule is C.C.CCC[CH2][Sn]([CH2]CCC)([CH2]CCC)[c]1cncs1.C[C@H](Nc1nc(N)ncc1-c1cncs1)c1cc2cccc(Cl)c2c(=O)n1-c1ccccc1.C[C@H](Nc1nc(N)ncc1Br)c1cc2cccc(Cl)c2c(=O)n1-c1ccccc1. The molecule has 0 amide bonds. The molecule has 6 aromatic heterocycles. The van der Waals surface area contributed by atoms with Crippen LogP contribution in [0.15, 0.2) is 159 Å². The van der Waals surface area contributed by atoms with Crippen molar-refractivity contribution >= 4 is 128 Å². The Bertz CT molecular complexity index is 3740. The molecule has 0 unspecified atom stereocenters. The van der Waals surface area contributed by atoms with Gasteiger partial charge in [0.2, 0.25) is 11.9 Å². The number of anilines is 4.